The molecule has 1 nitrogen and oxygen atoms in total. The van der Waals surface area contributed by atoms with Gasteiger partial charge in [-0.05, 0) is 77.3 Å². The molecule has 160 valence electrons. The van der Waals surface area contributed by atoms with Gasteiger partial charge >= 0.3 is 0 Å². The fourth-order valence-electron chi connectivity index (χ4n) is 4.43. The van der Waals surface area contributed by atoms with Crippen LogP contribution in [0.1, 0.15) is 88.5 Å². The fourth-order valence-corrected chi connectivity index (χ4v) is 4.43. The lowest BCUT2D eigenvalue weighted by atomic mass is 9.87. The second kappa shape index (κ2) is 11.0. The Morgan fingerprint density at radius 3 is 1.24 bits per heavy atom. The predicted molar refractivity (Wildman–Crippen MR) is 127 cm³/mol. The third kappa shape index (κ3) is 7.97. The van der Waals surface area contributed by atoms with E-state index in [1.807, 2.05) is 0 Å². The number of hydrogen-bond donors (Lipinski definition) is 0. The summed E-state index contributed by atoms with van der Waals surface area (Å²) < 4.78 is 7.00. The van der Waals surface area contributed by atoms with Crippen LogP contribution < -0.4 is 0 Å². The number of rotatable bonds is 12. The van der Waals surface area contributed by atoms with Crippen LogP contribution in [0.2, 0.25) is 0 Å². The zero-order chi connectivity index (χ0) is 21.3. The lowest BCUT2D eigenvalue weighted by Gasteiger charge is -2.41. The van der Waals surface area contributed by atoms with Gasteiger partial charge in [0.15, 0.2) is 0 Å². The van der Waals surface area contributed by atoms with E-state index in [9.17, 15) is 0 Å². The van der Waals surface area contributed by atoms with Crippen molar-refractivity contribution < 1.29 is 4.74 Å². The summed E-state index contributed by atoms with van der Waals surface area (Å²) in [7, 11) is 0. The first kappa shape index (κ1) is 23.7. The first-order valence-corrected chi connectivity index (χ1v) is 11.6. The van der Waals surface area contributed by atoms with Crippen LogP contribution in [-0.4, -0.2) is 11.2 Å². The topological polar surface area (TPSA) is 9.23 Å². The SMILES string of the molecule is CCCC(C)(CCc1ccc(C)cc1)OC(C)(CCC)CCc1ccc(C)cc1. The van der Waals surface area contributed by atoms with Crippen molar-refractivity contribution in [1.29, 1.82) is 0 Å². The number of aryl methyl sites for hydroxylation is 4. The Kier molecular flexibility index (Phi) is 8.96. The molecule has 0 amide bonds. The van der Waals surface area contributed by atoms with E-state index in [4.69, 9.17) is 4.74 Å². The number of benzene rings is 2. The average Bonchev–Trinajstić information content (AvgIpc) is 2.67. The van der Waals surface area contributed by atoms with Crippen molar-refractivity contribution in [2.75, 3.05) is 0 Å². The summed E-state index contributed by atoms with van der Waals surface area (Å²) in [4.78, 5) is 0. The van der Waals surface area contributed by atoms with Crippen LogP contribution in [0.3, 0.4) is 0 Å². The molecule has 2 unspecified atom stereocenters. The molecular formula is C28H42O. The molecule has 2 rings (SSSR count). The predicted octanol–water partition coefficient (Wildman–Crippen LogP) is 8.00. The zero-order valence-corrected chi connectivity index (χ0v) is 19.7. The van der Waals surface area contributed by atoms with E-state index in [0.717, 1.165) is 51.4 Å². The maximum atomic E-state index is 7.00. The van der Waals surface area contributed by atoms with Crippen LogP contribution in [0.25, 0.3) is 0 Å². The summed E-state index contributed by atoms with van der Waals surface area (Å²) in [5.41, 5.74) is 5.34. The van der Waals surface area contributed by atoms with E-state index in [2.05, 4.69) is 90.1 Å². The molecule has 29 heavy (non-hydrogen) atoms. The molecule has 0 radical (unpaired) electrons. The Bertz CT molecular complexity index is 651. The largest absolute Gasteiger partial charge is 0.369 e. The van der Waals surface area contributed by atoms with Gasteiger partial charge in [0.2, 0.25) is 0 Å². The standard InChI is InChI=1S/C28H42O/c1-7-19-27(5,21-17-25-13-9-23(3)10-14-25)29-28(6,20-8-2)22-18-26-15-11-24(4)12-16-26/h9-16H,7-8,17-22H2,1-6H3. The van der Waals surface area contributed by atoms with Crippen molar-refractivity contribution in [3.8, 4) is 0 Å². The van der Waals surface area contributed by atoms with Gasteiger partial charge in [0.1, 0.15) is 0 Å². The molecular weight excluding hydrogens is 352 g/mol. The molecule has 0 aliphatic heterocycles. The van der Waals surface area contributed by atoms with Gasteiger partial charge in [-0.15, -0.1) is 0 Å². The van der Waals surface area contributed by atoms with E-state index >= 15 is 0 Å². The highest BCUT2D eigenvalue weighted by molar-refractivity contribution is 5.22. The Hall–Kier alpha value is -1.60. The molecule has 2 aromatic rings. The molecule has 0 saturated heterocycles. The van der Waals surface area contributed by atoms with E-state index in [1.165, 1.54) is 22.3 Å². The highest BCUT2D eigenvalue weighted by Crippen LogP contribution is 2.35. The molecule has 0 aliphatic rings. The first-order valence-electron chi connectivity index (χ1n) is 11.6. The molecule has 0 spiro atoms. The van der Waals surface area contributed by atoms with Gasteiger partial charge in [-0.25, -0.2) is 0 Å². The van der Waals surface area contributed by atoms with E-state index in [0.29, 0.717) is 0 Å². The van der Waals surface area contributed by atoms with E-state index in [-0.39, 0.29) is 11.2 Å². The highest BCUT2D eigenvalue weighted by atomic mass is 16.5. The van der Waals surface area contributed by atoms with Crippen LogP contribution >= 0.6 is 0 Å². The van der Waals surface area contributed by atoms with Crippen LogP contribution in [0, 0.1) is 13.8 Å². The van der Waals surface area contributed by atoms with Gasteiger partial charge in [-0.2, -0.15) is 0 Å². The normalized spacial score (nSPS) is 15.7. The van der Waals surface area contributed by atoms with Crippen molar-refractivity contribution in [2.45, 2.75) is 104 Å². The summed E-state index contributed by atoms with van der Waals surface area (Å²) in [5, 5.41) is 0. The molecule has 0 bridgehead atoms. The van der Waals surface area contributed by atoms with Crippen molar-refractivity contribution in [3.63, 3.8) is 0 Å². The zero-order valence-electron chi connectivity index (χ0n) is 19.7. The van der Waals surface area contributed by atoms with Crippen molar-refractivity contribution >= 4 is 0 Å². The van der Waals surface area contributed by atoms with Crippen molar-refractivity contribution in [2.24, 2.45) is 0 Å². The van der Waals surface area contributed by atoms with E-state index < -0.39 is 0 Å². The second-order valence-electron chi connectivity index (χ2n) is 9.47. The molecule has 2 aromatic carbocycles. The third-order valence-corrected chi connectivity index (χ3v) is 6.18. The second-order valence-corrected chi connectivity index (χ2v) is 9.47. The minimum atomic E-state index is -0.0726. The van der Waals surface area contributed by atoms with Crippen LogP contribution in [0.5, 0.6) is 0 Å². The summed E-state index contributed by atoms with van der Waals surface area (Å²) in [5.74, 6) is 0. The Morgan fingerprint density at radius 2 is 0.931 bits per heavy atom. The Balaban J connectivity index is 2.06. The molecule has 1 heteroatoms. The third-order valence-electron chi connectivity index (χ3n) is 6.18. The summed E-state index contributed by atoms with van der Waals surface area (Å²) in [6.45, 7) is 13.5. The van der Waals surface area contributed by atoms with Crippen LogP contribution in [0.15, 0.2) is 48.5 Å². The van der Waals surface area contributed by atoms with Crippen LogP contribution in [-0.2, 0) is 17.6 Å². The van der Waals surface area contributed by atoms with E-state index in [1.54, 1.807) is 0 Å². The molecule has 0 aliphatic carbocycles. The Labute approximate surface area is 179 Å². The molecule has 0 heterocycles. The summed E-state index contributed by atoms with van der Waals surface area (Å²) in [6, 6.07) is 17.9. The molecule has 0 fully saturated rings. The van der Waals surface area contributed by atoms with Gasteiger partial charge in [0.05, 0.1) is 11.2 Å². The van der Waals surface area contributed by atoms with Crippen LogP contribution in [0.4, 0.5) is 0 Å². The number of hydrogen-bond acceptors (Lipinski definition) is 1. The summed E-state index contributed by atoms with van der Waals surface area (Å²) in [6.07, 6.45) is 8.86. The van der Waals surface area contributed by atoms with Crippen molar-refractivity contribution in [1.82, 2.24) is 0 Å². The molecule has 0 N–H and O–H groups in total. The fraction of sp³-hybridized carbons (Fsp3) is 0.571. The molecule has 2 atom stereocenters. The lowest BCUT2D eigenvalue weighted by molar-refractivity contribution is -0.154. The smallest absolute Gasteiger partial charge is 0.0665 e. The molecule has 0 saturated carbocycles. The van der Waals surface area contributed by atoms with Gasteiger partial charge in [-0.3, -0.25) is 0 Å². The lowest BCUT2D eigenvalue weighted by Crippen LogP contribution is -2.42. The minimum absolute atomic E-state index is 0.0726. The minimum Gasteiger partial charge on any atom is -0.369 e. The number of ether oxygens (including phenoxy) is 1. The average molecular weight is 395 g/mol. The Morgan fingerprint density at radius 1 is 0.586 bits per heavy atom. The summed E-state index contributed by atoms with van der Waals surface area (Å²) >= 11 is 0. The van der Waals surface area contributed by atoms with Gasteiger partial charge < -0.3 is 4.74 Å². The van der Waals surface area contributed by atoms with Gasteiger partial charge in [0.25, 0.3) is 0 Å². The van der Waals surface area contributed by atoms with Gasteiger partial charge in [0, 0.05) is 0 Å². The maximum absolute atomic E-state index is 7.00. The first-order chi connectivity index (χ1) is 13.8. The maximum Gasteiger partial charge on any atom is 0.0665 e. The molecule has 0 aromatic heterocycles. The van der Waals surface area contributed by atoms with Crippen molar-refractivity contribution in [3.05, 3.63) is 70.8 Å². The van der Waals surface area contributed by atoms with Gasteiger partial charge in [-0.1, -0.05) is 86.3 Å². The quantitative estimate of drug-likeness (QED) is 0.354. The monoisotopic (exact) mass is 394 g/mol. The highest BCUT2D eigenvalue weighted by Gasteiger charge is 2.34.